The Morgan fingerprint density at radius 2 is 2.62 bits per heavy atom. The Kier molecular flexibility index (Phi) is 1.68. The normalized spacial score (nSPS) is 18.8. The van der Waals surface area contributed by atoms with Crippen LogP contribution < -0.4 is 5.32 Å². The average Bonchev–Trinajstić information content (AvgIpc) is 1.64. The topological polar surface area (TPSA) is 24.4 Å². The van der Waals surface area contributed by atoms with Gasteiger partial charge in [-0.05, 0) is 28.9 Å². The molecule has 0 unspecified atom stereocenters. The van der Waals surface area contributed by atoms with Gasteiger partial charge in [0.2, 0.25) is 0 Å². The number of rotatable bonds is 0. The first kappa shape index (κ1) is 5.82. The molecular formula is C5H7BrN2. The van der Waals surface area contributed by atoms with Gasteiger partial charge in [-0.15, -0.1) is 0 Å². The van der Waals surface area contributed by atoms with Crippen molar-refractivity contribution in [2.24, 2.45) is 4.99 Å². The molecule has 3 heteroatoms. The predicted molar refractivity (Wildman–Crippen MR) is 38.1 cm³/mol. The minimum atomic E-state index is 0.697. The highest BCUT2D eigenvalue weighted by atomic mass is 79.9. The molecule has 0 aliphatic carbocycles. The Labute approximate surface area is 56.8 Å². The zero-order chi connectivity index (χ0) is 5.98. The van der Waals surface area contributed by atoms with Gasteiger partial charge in [-0.3, -0.25) is 4.99 Å². The lowest BCUT2D eigenvalue weighted by Crippen LogP contribution is -2.15. The lowest BCUT2D eigenvalue weighted by atomic mass is 10.4. The molecule has 1 N–H and O–H groups in total. The fourth-order valence-electron chi connectivity index (χ4n) is 0.520. The highest BCUT2D eigenvalue weighted by Crippen LogP contribution is 2.03. The lowest BCUT2D eigenvalue weighted by molar-refractivity contribution is 0.863. The summed E-state index contributed by atoms with van der Waals surface area (Å²) in [7, 11) is 0. The van der Waals surface area contributed by atoms with Crippen molar-refractivity contribution in [2.75, 3.05) is 6.67 Å². The highest BCUT2D eigenvalue weighted by molar-refractivity contribution is 9.11. The lowest BCUT2D eigenvalue weighted by Gasteiger charge is -2.06. The maximum Gasteiger partial charge on any atom is 0.108 e. The largest absolute Gasteiger partial charge is 0.360 e. The second-order valence-corrected chi connectivity index (χ2v) is 2.48. The summed E-state index contributed by atoms with van der Waals surface area (Å²) in [5.74, 6) is 0. The molecule has 0 radical (unpaired) electrons. The van der Waals surface area contributed by atoms with Crippen LogP contribution in [0.2, 0.25) is 0 Å². The second-order valence-electron chi connectivity index (χ2n) is 1.63. The molecule has 0 aromatic carbocycles. The van der Waals surface area contributed by atoms with Crippen molar-refractivity contribution in [1.29, 1.82) is 0 Å². The van der Waals surface area contributed by atoms with Crippen LogP contribution in [0.25, 0.3) is 0 Å². The quantitative estimate of drug-likeness (QED) is 0.550. The van der Waals surface area contributed by atoms with E-state index in [-0.39, 0.29) is 0 Å². The van der Waals surface area contributed by atoms with Gasteiger partial charge in [0.25, 0.3) is 0 Å². The molecule has 0 spiro atoms. The van der Waals surface area contributed by atoms with Crippen LogP contribution >= 0.6 is 15.9 Å². The Balaban J connectivity index is 2.69. The van der Waals surface area contributed by atoms with E-state index in [0.717, 1.165) is 10.3 Å². The van der Waals surface area contributed by atoms with Gasteiger partial charge in [0.1, 0.15) is 6.67 Å². The number of nitrogens with one attached hydrogen (secondary N) is 1. The second kappa shape index (κ2) is 2.31. The fourth-order valence-corrected chi connectivity index (χ4v) is 0.977. The van der Waals surface area contributed by atoms with Gasteiger partial charge >= 0.3 is 0 Å². The number of allylic oxidation sites excluding steroid dienone is 1. The maximum absolute atomic E-state index is 4.08. The maximum atomic E-state index is 4.08. The summed E-state index contributed by atoms with van der Waals surface area (Å²) >= 11 is 3.30. The van der Waals surface area contributed by atoms with Gasteiger partial charge in [-0.1, -0.05) is 0 Å². The first-order valence-electron chi connectivity index (χ1n) is 2.41. The van der Waals surface area contributed by atoms with Gasteiger partial charge in [-0.2, -0.15) is 0 Å². The number of hydrogen-bond donors (Lipinski definition) is 1. The van der Waals surface area contributed by atoms with E-state index in [1.165, 1.54) is 0 Å². The van der Waals surface area contributed by atoms with Crippen LogP contribution in [-0.2, 0) is 0 Å². The van der Waals surface area contributed by atoms with Gasteiger partial charge in [0, 0.05) is 5.71 Å². The minimum Gasteiger partial charge on any atom is -0.360 e. The van der Waals surface area contributed by atoms with Gasteiger partial charge in [-0.25, -0.2) is 0 Å². The van der Waals surface area contributed by atoms with Crippen molar-refractivity contribution in [1.82, 2.24) is 5.32 Å². The van der Waals surface area contributed by atoms with Crippen molar-refractivity contribution >= 4 is 21.6 Å². The summed E-state index contributed by atoms with van der Waals surface area (Å²) < 4.78 is 1.02. The molecule has 8 heavy (non-hydrogen) atoms. The minimum absolute atomic E-state index is 0.697. The molecule has 0 fully saturated rings. The smallest absolute Gasteiger partial charge is 0.108 e. The molecule has 0 bridgehead atoms. The molecule has 44 valence electrons. The van der Waals surface area contributed by atoms with Crippen molar-refractivity contribution in [3.63, 3.8) is 0 Å². The third-order valence-corrected chi connectivity index (χ3v) is 1.42. The van der Waals surface area contributed by atoms with E-state index in [0.29, 0.717) is 6.67 Å². The third-order valence-electron chi connectivity index (χ3n) is 0.912. The van der Waals surface area contributed by atoms with E-state index in [4.69, 9.17) is 0 Å². The standard InChI is InChI=1S/C5H7BrN2/c1-4-2-5(6)8-3-7-4/h2,8H,3H2,1H3. The molecule has 0 amide bonds. The third kappa shape index (κ3) is 1.33. The van der Waals surface area contributed by atoms with Crippen LogP contribution in [0.15, 0.2) is 15.7 Å². The van der Waals surface area contributed by atoms with Crippen molar-refractivity contribution in [3.05, 3.63) is 10.7 Å². The molecule has 0 saturated carbocycles. The number of hydrogen-bond acceptors (Lipinski definition) is 2. The highest BCUT2D eigenvalue weighted by Gasteiger charge is 1.95. The van der Waals surface area contributed by atoms with Gasteiger partial charge in [0.15, 0.2) is 0 Å². The SMILES string of the molecule is CC1=NCNC(Br)=C1. The average molecular weight is 175 g/mol. The molecule has 1 heterocycles. The zero-order valence-corrected chi connectivity index (χ0v) is 6.20. The van der Waals surface area contributed by atoms with Crippen LogP contribution in [0.1, 0.15) is 6.92 Å². The van der Waals surface area contributed by atoms with Gasteiger partial charge in [0.05, 0.1) is 4.61 Å². The molecule has 1 aliphatic rings. The van der Waals surface area contributed by atoms with Crippen molar-refractivity contribution < 1.29 is 0 Å². The fraction of sp³-hybridized carbons (Fsp3) is 0.400. The molecule has 0 aromatic rings. The van der Waals surface area contributed by atoms with Crippen LogP contribution in [0.3, 0.4) is 0 Å². The first-order valence-corrected chi connectivity index (χ1v) is 3.20. The molecule has 0 atom stereocenters. The molecule has 1 aliphatic heterocycles. The molecular weight excluding hydrogens is 168 g/mol. The number of nitrogens with zero attached hydrogens (tertiary/aromatic N) is 1. The van der Waals surface area contributed by atoms with Gasteiger partial charge < -0.3 is 5.32 Å². The van der Waals surface area contributed by atoms with E-state index in [1.54, 1.807) is 0 Å². The van der Waals surface area contributed by atoms with E-state index in [1.807, 2.05) is 13.0 Å². The van der Waals surface area contributed by atoms with Crippen molar-refractivity contribution in [2.45, 2.75) is 6.92 Å². The summed E-state index contributed by atoms with van der Waals surface area (Å²) in [6.45, 7) is 2.67. The van der Waals surface area contributed by atoms with E-state index in [2.05, 4.69) is 26.2 Å². The molecule has 0 aromatic heterocycles. The summed E-state index contributed by atoms with van der Waals surface area (Å²) in [5.41, 5.74) is 1.07. The Morgan fingerprint density at radius 1 is 1.88 bits per heavy atom. The Bertz CT molecular complexity index is 149. The summed E-state index contributed by atoms with van der Waals surface area (Å²) in [4.78, 5) is 4.08. The molecule has 2 nitrogen and oxygen atoms in total. The Hall–Kier alpha value is -0.310. The zero-order valence-electron chi connectivity index (χ0n) is 4.61. The first-order chi connectivity index (χ1) is 3.79. The predicted octanol–water partition coefficient (Wildman–Crippen LogP) is 1.24. The van der Waals surface area contributed by atoms with Crippen LogP contribution in [0.5, 0.6) is 0 Å². The molecule has 1 rings (SSSR count). The van der Waals surface area contributed by atoms with Crippen LogP contribution in [0.4, 0.5) is 0 Å². The van der Waals surface area contributed by atoms with Crippen molar-refractivity contribution in [3.8, 4) is 0 Å². The van der Waals surface area contributed by atoms with E-state index >= 15 is 0 Å². The summed E-state index contributed by atoms with van der Waals surface area (Å²) in [6.07, 6.45) is 1.95. The molecule has 0 saturated heterocycles. The summed E-state index contributed by atoms with van der Waals surface area (Å²) in [6, 6.07) is 0. The van der Waals surface area contributed by atoms with E-state index in [9.17, 15) is 0 Å². The number of halogens is 1. The van der Waals surface area contributed by atoms with E-state index < -0.39 is 0 Å². The number of aliphatic imine (C=N–C) groups is 1. The van der Waals surface area contributed by atoms with Crippen LogP contribution in [0, 0.1) is 0 Å². The monoisotopic (exact) mass is 174 g/mol. The van der Waals surface area contributed by atoms with Crippen LogP contribution in [-0.4, -0.2) is 12.4 Å². The summed E-state index contributed by atoms with van der Waals surface area (Å²) in [5, 5.41) is 3.00. The Morgan fingerprint density at radius 3 is 3.00 bits per heavy atom.